The van der Waals surface area contributed by atoms with E-state index < -0.39 is 0 Å². The fraction of sp³-hybridized carbons (Fsp3) is 0.250. The molecule has 6 nitrogen and oxygen atoms in total. The fourth-order valence-electron chi connectivity index (χ4n) is 2.95. The first kappa shape index (κ1) is 17.6. The molecule has 0 saturated heterocycles. The van der Waals surface area contributed by atoms with E-state index in [1.807, 2.05) is 84.7 Å². The molecule has 0 aliphatic carbocycles. The number of ether oxygens (including phenoxy) is 1. The molecule has 7 heteroatoms. The largest absolute Gasteiger partial charge is 0.483 e. The second kappa shape index (κ2) is 7.44. The second-order valence-electron chi connectivity index (χ2n) is 6.46. The third-order valence-electron chi connectivity index (χ3n) is 4.30. The molecular weight excluding hydrogens is 358 g/mol. The van der Waals surface area contributed by atoms with Gasteiger partial charge in [-0.05, 0) is 43.7 Å². The number of aromatic nitrogens is 5. The summed E-state index contributed by atoms with van der Waals surface area (Å²) in [6, 6.07) is 14.0. The van der Waals surface area contributed by atoms with Crippen LogP contribution in [-0.4, -0.2) is 24.1 Å². The minimum atomic E-state index is -0.186. The summed E-state index contributed by atoms with van der Waals surface area (Å²) in [7, 11) is 1.97. The Morgan fingerprint density at radius 3 is 2.85 bits per heavy atom. The van der Waals surface area contributed by atoms with Crippen LogP contribution in [0.15, 0.2) is 60.0 Å². The van der Waals surface area contributed by atoms with Gasteiger partial charge in [0.15, 0.2) is 17.1 Å². The Labute approximate surface area is 162 Å². The molecule has 0 aliphatic rings. The number of hydrogen-bond donors (Lipinski definition) is 0. The smallest absolute Gasteiger partial charge is 0.191 e. The van der Waals surface area contributed by atoms with Crippen molar-refractivity contribution in [1.29, 1.82) is 0 Å². The van der Waals surface area contributed by atoms with Crippen LogP contribution >= 0.6 is 11.8 Å². The summed E-state index contributed by atoms with van der Waals surface area (Å²) in [5.41, 5.74) is 3.13. The highest BCUT2D eigenvalue weighted by molar-refractivity contribution is 7.98. The van der Waals surface area contributed by atoms with Gasteiger partial charge in [0.1, 0.15) is 11.4 Å². The monoisotopic (exact) mass is 379 g/mol. The maximum Gasteiger partial charge on any atom is 0.191 e. The van der Waals surface area contributed by atoms with Crippen molar-refractivity contribution in [2.45, 2.75) is 30.9 Å². The Morgan fingerprint density at radius 1 is 1.15 bits per heavy atom. The van der Waals surface area contributed by atoms with Gasteiger partial charge in [-0.2, -0.15) is 0 Å². The van der Waals surface area contributed by atoms with E-state index in [0.29, 0.717) is 0 Å². The van der Waals surface area contributed by atoms with Crippen molar-refractivity contribution >= 4 is 17.4 Å². The summed E-state index contributed by atoms with van der Waals surface area (Å²) < 4.78 is 10.0. The van der Waals surface area contributed by atoms with Gasteiger partial charge < -0.3 is 13.7 Å². The third-order valence-corrected chi connectivity index (χ3v) is 5.35. The lowest BCUT2D eigenvalue weighted by Gasteiger charge is -2.14. The summed E-state index contributed by atoms with van der Waals surface area (Å²) in [6.45, 7) is 4.04. The summed E-state index contributed by atoms with van der Waals surface area (Å²) >= 11 is 1.62. The number of pyridine rings is 1. The highest BCUT2D eigenvalue weighted by Crippen LogP contribution is 2.25. The normalized spacial score (nSPS) is 12.4. The number of imidazole rings is 1. The molecule has 0 saturated carbocycles. The molecular formula is C20H21N5OS. The number of hydrogen-bond acceptors (Lipinski definition) is 5. The van der Waals surface area contributed by atoms with E-state index in [2.05, 4.69) is 15.2 Å². The molecule has 0 radical (unpaired) electrons. The van der Waals surface area contributed by atoms with Crippen molar-refractivity contribution in [3.63, 3.8) is 0 Å². The summed E-state index contributed by atoms with van der Waals surface area (Å²) in [5, 5.41) is 9.51. The zero-order chi connectivity index (χ0) is 18.8. The van der Waals surface area contributed by atoms with Gasteiger partial charge in [0, 0.05) is 25.2 Å². The number of thioether (sulfide) groups is 1. The van der Waals surface area contributed by atoms with Gasteiger partial charge in [-0.1, -0.05) is 30.0 Å². The molecule has 1 aromatic carbocycles. The first-order valence-corrected chi connectivity index (χ1v) is 9.77. The quantitative estimate of drug-likeness (QED) is 0.470. The van der Waals surface area contributed by atoms with Crippen molar-refractivity contribution < 1.29 is 4.74 Å². The van der Waals surface area contributed by atoms with E-state index in [-0.39, 0.29) is 6.10 Å². The van der Waals surface area contributed by atoms with E-state index in [0.717, 1.165) is 33.8 Å². The average molecular weight is 379 g/mol. The first-order valence-electron chi connectivity index (χ1n) is 8.78. The maximum absolute atomic E-state index is 6.03. The minimum Gasteiger partial charge on any atom is -0.483 e. The van der Waals surface area contributed by atoms with Gasteiger partial charge in [0.25, 0.3) is 0 Å². The van der Waals surface area contributed by atoms with Gasteiger partial charge >= 0.3 is 0 Å². The Morgan fingerprint density at radius 2 is 2.04 bits per heavy atom. The number of aryl methyl sites for hydroxylation is 1. The van der Waals surface area contributed by atoms with Crippen LogP contribution in [0.1, 0.15) is 30.1 Å². The van der Waals surface area contributed by atoms with Gasteiger partial charge in [0.05, 0.1) is 5.69 Å². The van der Waals surface area contributed by atoms with Crippen LogP contribution in [0.2, 0.25) is 0 Å². The molecule has 1 atom stereocenters. The third kappa shape index (κ3) is 3.83. The molecule has 1 unspecified atom stereocenters. The topological polar surface area (TPSA) is 57.2 Å². The molecule has 0 bridgehead atoms. The van der Waals surface area contributed by atoms with E-state index in [1.54, 1.807) is 11.8 Å². The number of fused-ring (bicyclic) bond motifs is 1. The molecule has 0 fully saturated rings. The Balaban J connectivity index is 1.45. The predicted octanol–water partition coefficient (Wildman–Crippen LogP) is 4.20. The number of nitrogens with zero attached hydrogens (tertiary/aromatic N) is 5. The maximum atomic E-state index is 6.03. The van der Waals surface area contributed by atoms with E-state index in [9.17, 15) is 0 Å². The van der Waals surface area contributed by atoms with E-state index in [1.165, 1.54) is 5.56 Å². The van der Waals surface area contributed by atoms with Crippen LogP contribution in [0.4, 0.5) is 0 Å². The number of rotatable bonds is 6. The standard InChI is InChI=1S/C20H21N5OS/c1-14-7-6-8-17(11-14)26-15(2)19-22-23-20(24(19)3)27-13-16-12-25-10-5-4-9-18(25)21-16/h4-12,15H,13H2,1-3H3. The Hall–Kier alpha value is -2.80. The molecule has 27 heavy (non-hydrogen) atoms. The van der Waals surface area contributed by atoms with Gasteiger partial charge in [-0.25, -0.2) is 4.98 Å². The fourth-order valence-corrected chi connectivity index (χ4v) is 3.75. The molecule has 4 rings (SSSR count). The Kier molecular flexibility index (Phi) is 4.85. The van der Waals surface area contributed by atoms with Crippen molar-refractivity contribution in [2.75, 3.05) is 0 Å². The molecule has 0 N–H and O–H groups in total. The molecule has 138 valence electrons. The van der Waals surface area contributed by atoms with Crippen molar-refractivity contribution in [2.24, 2.45) is 7.05 Å². The minimum absolute atomic E-state index is 0.186. The lowest BCUT2D eigenvalue weighted by molar-refractivity contribution is 0.211. The zero-order valence-electron chi connectivity index (χ0n) is 15.5. The average Bonchev–Trinajstić information content (AvgIpc) is 3.23. The number of benzene rings is 1. The van der Waals surface area contributed by atoms with E-state index >= 15 is 0 Å². The molecule has 3 aromatic heterocycles. The predicted molar refractivity (Wildman–Crippen MR) is 106 cm³/mol. The summed E-state index contributed by atoms with van der Waals surface area (Å²) in [5.74, 6) is 2.37. The molecule has 0 spiro atoms. The molecule has 4 aromatic rings. The first-order chi connectivity index (χ1) is 13.1. The van der Waals surface area contributed by atoms with Crippen LogP contribution in [-0.2, 0) is 12.8 Å². The Bertz CT molecular complexity index is 1040. The summed E-state index contributed by atoms with van der Waals surface area (Å²) in [6.07, 6.45) is 3.86. The lowest BCUT2D eigenvalue weighted by Crippen LogP contribution is -2.10. The molecule has 3 heterocycles. The lowest BCUT2D eigenvalue weighted by atomic mass is 10.2. The van der Waals surface area contributed by atoms with Crippen LogP contribution in [0.5, 0.6) is 5.75 Å². The zero-order valence-corrected chi connectivity index (χ0v) is 16.3. The SMILES string of the molecule is Cc1cccc(OC(C)c2nnc(SCc3cn4ccccc4n3)n2C)c1. The van der Waals surface area contributed by atoms with Gasteiger partial charge in [0.2, 0.25) is 0 Å². The van der Waals surface area contributed by atoms with Crippen molar-refractivity contribution in [3.05, 3.63) is 71.9 Å². The second-order valence-corrected chi connectivity index (χ2v) is 7.41. The van der Waals surface area contributed by atoms with Gasteiger partial charge in [-0.15, -0.1) is 10.2 Å². The van der Waals surface area contributed by atoms with Crippen LogP contribution in [0.3, 0.4) is 0 Å². The van der Waals surface area contributed by atoms with Crippen molar-refractivity contribution in [1.82, 2.24) is 24.1 Å². The highest BCUT2D eigenvalue weighted by atomic mass is 32.2. The van der Waals surface area contributed by atoms with Crippen LogP contribution < -0.4 is 4.74 Å². The highest BCUT2D eigenvalue weighted by Gasteiger charge is 2.17. The summed E-state index contributed by atoms with van der Waals surface area (Å²) in [4.78, 5) is 4.62. The molecule has 0 amide bonds. The van der Waals surface area contributed by atoms with Gasteiger partial charge in [-0.3, -0.25) is 0 Å². The molecule has 0 aliphatic heterocycles. The van der Waals surface area contributed by atoms with Crippen LogP contribution in [0, 0.1) is 6.92 Å². The van der Waals surface area contributed by atoms with Crippen molar-refractivity contribution in [3.8, 4) is 5.75 Å². The van der Waals surface area contributed by atoms with E-state index in [4.69, 9.17) is 4.74 Å². The van der Waals surface area contributed by atoms with Crippen LogP contribution in [0.25, 0.3) is 5.65 Å².